The van der Waals surface area contributed by atoms with Gasteiger partial charge in [-0.15, -0.1) is 11.3 Å². The molecule has 2 nitrogen and oxygen atoms in total. The first-order valence-corrected chi connectivity index (χ1v) is 3.80. The summed E-state index contributed by atoms with van der Waals surface area (Å²) in [6.45, 7) is 0. The Labute approximate surface area is 65.0 Å². The molecule has 0 aromatic carbocycles. The Balaban J connectivity index is 3.16. The average Bonchev–Trinajstić information content (AvgIpc) is 2.13. The second-order valence-corrected chi connectivity index (χ2v) is 3.37. The number of nitrogens with zero attached hydrogens (tertiary/aromatic N) is 1. The van der Waals surface area contributed by atoms with E-state index in [1.54, 1.807) is 6.07 Å². The molecule has 0 spiro atoms. The lowest BCUT2D eigenvalue weighted by molar-refractivity contribution is 1.52. The molecule has 1 aromatic rings. The molecule has 1 heterocycles. The van der Waals surface area contributed by atoms with E-state index in [1.165, 1.54) is 11.3 Å². The van der Waals surface area contributed by atoms with Crippen molar-refractivity contribution in [2.45, 2.75) is 0 Å². The van der Waals surface area contributed by atoms with Gasteiger partial charge in [-0.1, -0.05) is 0 Å². The fourth-order valence-electron chi connectivity index (χ4n) is 0.438. The molecule has 46 valence electrons. The van der Waals surface area contributed by atoms with Gasteiger partial charge in [-0.25, -0.2) is 0 Å². The number of halogens is 1. The third-order valence-electron chi connectivity index (χ3n) is 0.823. The highest BCUT2D eigenvalue weighted by Crippen LogP contribution is 2.28. The van der Waals surface area contributed by atoms with E-state index in [2.05, 4.69) is 15.9 Å². The molecule has 0 amide bonds. The Bertz CT molecular complexity index is 241. The van der Waals surface area contributed by atoms with E-state index in [9.17, 15) is 0 Å². The van der Waals surface area contributed by atoms with Gasteiger partial charge < -0.3 is 5.73 Å². The van der Waals surface area contributed by atoms with Crippen molar-refractivity contribution in [1.82, 2.24) is 0 Å². The maximum absolute atomic E-state index is 8.36. The monoisotopic (exact) mass is 202 g/mol. The molecule has 0 aliphatic rings. The number of thiophene rings is 1. The van der Waals surface area contributed by atoms with E-state index in [0.29, 0.717) is 9.88 Å². The molecule has 1 rings (SSSR count). The molecule has 0 aliphatic heterocycles. The molecule has 1 aromatic heterocycles. The third kappa shape index (κ3) is 1.23. The summed E-state index contributed by atoms with van der Waals surface area (Å²) < 4.78 is 0.809. The maximum atomic E-state index is 8.36. The van der Waals surface area contributed by atoms with Crippen LogP contribution in [0.25, 0.3) is 0 Å². The highest BCUT2D eigenvalue weighted by Gasteiger charge is 2.00. The van der Waals surface area contributed by atoms with E-state index in [1.807, 2.05) is 6.07 Å². The molecule has 0 aliphatic carbocycles. The van der Waals surface area contributed by atoms with E-state index < -0.39 is 0 Å². The Morgan fingerprint density at radius 3 is 2.67 bits per heavy atom. The molecule has 4 heteroatoms. The Morgan fingerprint density at radius 1 is 1.78 bits per heavy atom. The van der Waals surface area contributed by atoms with Gasteiger partial charge >= 0.3 is 0 Å². The Kier molecular flexibility index (Phi) is 1.74. The van der Waals surface area contributed by atoms with Crippen molar-refractivity contribution in [3.8, 4) is 6.07 Å². The number of nitrogens with two attached hydrogens (primary N) is 1. The van der Waals surface area contributed by atoms with Crippen molar-refractivity contribution in [1.29, 1.82) is 5.26 Å². The minimum absolute atomic E-state index is 0.638. The molecule has 0 fully saturated rings. The van der Waals surface area contributed by atoms with Crippen molar-refractivity contribution >= 4 is 32.3 Å². The Hall–Kier alpha value is -0.530. The van der Waals surface area contributed by atoms with Crippen LogP contribution in [-0.2, 0) is 0 Å². The lowest BCUT2D eigenvalue weighted by Gasteiger charge is -1.78. The predicted molar refractivity (Wildman–Crippen MR) is 41.1 cm³/mol. The van der Waals surface area contributed by atoms with E-state index >= 15 is 0 Å². The molecule has 0 unspecified atom stereocenters. The van der Waals surface area contributed by atoms with Crippen LogP contribution in [0.2, 0.25) is 0 Å². The molecule has 0 bridgehead atoms. The van der Waals surface area contributed by atoms with E-state index in [0.717, 1.165) is 4.47 Å². The van der Waals surface area contributed by atoms with Crippen molar-refractivity contribution in [2.75, 3.05) is 5.73 Å². The van der Waals surface area contributed by atoms with E-state index in [-0.39, 0.29) is 0 Å². The lowest BCUT2D eigenvalue weighted by Crippen LogP contribution is -1.75. The summed E-state index contributed by atoms with van der Waals surface area (Å²) in [6, 6.07) is 3.71. The molecule has 9 heavy (non-hydrogen) atoms. The van der Waals surface area contributed by atoms with Crippen LogP contribution in [0.15, 0.2) is 10.5 Å². The van der Waals surface area contributed by atoms with Gasteiger partial charge in [-0.3, -0.25) is 0 Å². The van der Waals surface area contributed by atoms with Crippen molar-refractivity contribution in [3.05, 3.63) is 15.4 Å². The topological polar surface area (TPSA) is 49.8 Å². The number of hydrogen-bond acceptors (Lipinski definition) is 3. The molecule has 0 saturated heterocycles. The largest absolute Gasteiger partial charge is 0.390 e. The van der Waals surface area contributed by atoms with Crippen LogP contribution in [0.3, 0.4) is 0 Å². The molecular formula is C5H3BrN2S. The van der Waals surface area contributed by atoms with Crippen LogP contribution in [0.4, 0.5) is 5.00 Å². The normalized spacial score (nSPS) is 8.89. The van der Waals surface area contributed by atoms with Crippen molar-refractivity contribution in [2.24, 2.45) is 0 Å². The molecular weight excluding hydrogens is 200 g/mol. The zero-order valence-electron chi connectivity index (χ0n) is 4.39. The molecule has 0 atom stereocenters. The number of anilines is 1. The zero-order chi connectivity index (χ0) is 6.85. The summed E-state index contributed by atoms with van der Waals surface area (Å²) >= 11 is 4.48. The van der Waals surface area contributed by atoms with Crippen LogP contribution in [-0.4, -0.2) is 0 Å². The highest BCUT2D eigenvalue weighted by molar-refractivity contribution is 9.10. The van der Waals surface area contributed by atoms with Crippen LogP contribution in [0, 0.1) is 11.3 Å². The van der Waals surface area contributed by atoms with Gasteiger partial charge in [0.2, 0.25) is 0 Å². The first-order valence-electron chi connectivity index (χ1n) is 2.19. The lowest BCUT2D eigenvalue weighted by atomic mass is 10.5. The van der Waals surface area contributed by atoms with Gasteiger partial charge in [-0.2, -0.15) is 5.26 Å². The summed E-state index contributed by atoms with van der Waals surface area (Å²) in [7, 11) is 0. The van der Waals surface area contributed by atoms with Gasteiger partial charge in [0.25, 0.3) is 0 Å². The fraction of sp³-hybridized carbons (Fsp3) is 0. The SMILES string of the molecule is N#Cc1cc(Br)c(N)s1. The van der Waals surface area contributed by atoms with Crippen LogP contribution >= 0.6 is 27.3 Å². The van der Waals surface area contributed by atoms with Gasteiger partial charge in [0.05, 0.1) is 4.47 Å². The smallest absolute Gasteiger partial charge is 0.110 e. The quantitative estimate of drug-likeness (QED) is 0.700. The molecule has 2 N–H and O–H groups in total. The highest BCUT2D eigenvalue weighted by atomic mass is 79.9. The van der Waals surface area contributed by atoms with Crippen LogP contribution in [0.5, 0.6) is 0 Å². The average molecular weight is 203 g/mol. The van der Waals surface area contributed by atoms with Crippen molar-refractivity contribution in [3.63, 3.8) is 0 Å². The maximum Gasteiger partial charge on any atom is 0.110 e. The van der Waals surface area contributed by atoms with E-state index in [4.69, 9.17) is 11.0 Å². The number of hydrogen-bond donors (Lipinski definition) is 1. The van der Waals surface area contributed by atoms with Gasteiger partial charge in [0.15, 0.2) is 0 Å². The van der Waals surface area contributed by atoms with Crippen molar-refractivity contribution < 1.29 is 0 Å². The Morgan fingerprint density at radius 2 is 2.44 bits per heavy atom. The number of nitrogen functional groups attached to an aromatic ring is 1. The minimum Gasteiger partial charge on any atom is -0.390 e. The summed E-state index contributed by atoms with van der Waals surface area (Å²) in [6.07, 6.45) is 0. The first kappa shape index (κ1) is 6.59. The summed E-state index contributed by atoms with van der Waals surface area (Å²) in [5.74, 6) is 0. The number of nitriles is 1. The van der Waals surface area contributed by atoms with Gasteiger partial charge in [-0.05, 0) is 22.0 Å². The predicted octanol–water partition coefficient (Wildman–Crippen LogP) is 1.96. The molecule has 0 radical (unpaired) electrons. The fourth-order valence-corrected chi connectivity index (χ4v) is 1.68. The minimum atomic E-state index is 0.638. The summed E-state index contributed by atoms with van der Waals surface area (Å²) in [4.78, 5) is 0.638. The first-order chi connectivity index (χ1) is 4.24. The summed E-state index contributed by atoms with van der Waals surface area (Å²) in [5.41, 5.74) is 5.44. The third-order valence-corrected chi connectivity index (χ3v) is 2.61. The second kappa shape index (κ2) is 2.38. The number of rotatable bonds is 0. The summed E-state index contributed by atoms with van der Waals surface area (Å²) in [5, 5.41) is 9.02. The van der Waals surface area contributed by atoms with Gasteiger partial charge in [0, 0.05) is 0 Å². The molecule has 0 saturated carbocycles. The van der Waals surface area contributed by atoms with Gasteiger partial charge in [0.1, 0.15) is 15.9 Å². The van der Waals surface area contributed by atoms with Crippen LogP contribution < -0.4 is 5.73 Å². The standard InChI is InChI=1S/C5H3BrN2S/c6-4-1-3(2-7)9-5(4)8/h1H,8H2. The zero-order valence-corrected chi connectivity index (χ0v) is 6.79. The second-order valence-electron chi connectivity index (χ2n) is 1.43. The van der Waals surface area contributed by atoms with Crippen LogP contribution in [0.1, 0.15) is 4.88 Å².